The number of oxazole rings is 2. The van der Waals surface area contributed by atoms with Crippen molar-refractivity contribution in [1.29, 1.82) is 0 Å². The van der Waals surface area contributed by atoms with Crippen LogP contribution >= 0.6 is 22.9 Å². The zero-order valence-corrected chi connectivity index (χ0v) is 32.3. The Labute approximate surface area is 285 Å². The second kappa shape index (κ2) is 17.6. The van der Waals surface area contributed by atoms with Crippen molar-refractivity contribution in [2.45, 2.75) is 131 Å². The average molecular weight is 669 g/mol. The predicted octanol–water partition coefficient (Wildman–Crippen LogP) is 10.6. The summed E-state index contributed by atoms with van der Waals surface area (Å²) in [5.41, 5.74) is 2.94. The zero-order valence-electron chi connectivity index (χ0n) is 30.7. The minimum atomic E-state index is 0.0451. The maximum atomic E-state index is 5.09. The monoisotopic (exact) mass is 668 g/mol. The third-order valence-corrected chi connectivity index (χ3v) is 7.62. The van der Waals surface area contributed by atoms with Crippen molar-refractivity contribution in [3.05, 3.63) is 94.7 Å². The van der Waals surface area contributed by atoms with Crippen LogP contribution in [0.4, 0.5) is 0 Å². The Morgan fingerprint density at radius 1 is 0.543 bits per heavy atom. The van der Waals surface area contributed by atoms with Gasteiger partial charge in [-0.3, -0.25) is 9.97 Å². The Balaban J connectivity index is 0.000000288. The summed E-state index contributed by atoms with van der Waals surface area (Å²) in [5, 5.41) is 5.24. The molecular weight excluding hydrogens is 613 g/mol. The highest BCUT2D eigenvalue weighted by atomic mass is 32.1. The van der Waals surface area contributed by atoms with Crippen molar-refractivity contribution in [2.24, 2.45) is 0 Å². The van der Waals surface area contributed by atoms with E-state index in [1.165, 1.54) is 28.6 Å². The van der Waals surface area contributed by atoms with Crippen LogP contribution in [0.3, 0.4) is 0 Å². The van der Waals surface area contributed by atoms with E-state index in [4.69, 9.17) is 8.83 Å². The van der Waals surface area contributed by atoms with Crippen molar-refractivity contribution in [2.75, 3.05) is 0 Å². The molecule has 0 saturated heterocycles. The molecule has 5 heterocycles. The molecule has 0 amide bonds. The van der Waals surface area contributed by atoms with Crippen LogP contribution in [0, 0.1) is 0 Å². The van der Waals surface area contributed by atoms with Gasteiger partial charge in [0.2, 0.25) is 0 Å². The Morgan fingerprint density at radius 2 is 1.20 bits per heavy atom. The first-order valence-corrected chi connectivity index (χ1v) is 17.1. The van der Waals surface area contributed by atoms with Gasteiger partial charge in [0, 0.05) is 62.6 Å². The molecule has 8 nitrogen and oxygen atoms in total. The van der Waals surface area contributed by atoms with Gasteiger partial charge in [-0.2, -0.15) is 4.37 Å². The second-order valence-electron chi connectivity index (χ2n) is 15.8. The molecular formula is C36H56N6O2S2. The summed E-state index contributed by atoms with van der Waals surface area (Å²) < 4.78 is 14.4. The quantitative estimate of drug-likeness (QED) is 0.161. The summed E-state index contributed by atoms with van der Waals surface area (Å²) in [5.74, 6) is 1.73. The van der Waals surface area contributed by atoms with E-state index in [1.54, 1.807) is 48.6 Å². The van der Waals surface area contributed by atoms with Gasteiger partial charge in [0.25, 0.3) is 0 Å². The summed E-state index contributed by atoms with van der Waals surface area (Å²) >= 11 is 3.24. The molecule has 0 atom stereocenters. The molecule has 5 aromatic heterocycles. The molecule has 0 unspecified atom stereocenters. The van der Waals surface area contributed by atoms with E-state index >= 15 is 0 Å². The standard InChI is InChI=1S/C8H12N2.2C7H11NO.2C7H11NS/c1-8(2,3)7-6-9-4-5-10-7;1-7(2,3)6-4-8-5-9-6;2*1-7(2,3)6-8-4-5-9-6;1-7(2,3)6-4-5-9-8-6/h4-6H,1-3H3;4*4-5H,1-3H3. The van der Waals surface area contributed by atoms with Gasteiger partial charge in [0.1, 0.15) is 12.0 Å². The largest absolute Gasteiger partial charge is 0.448 e. The third-order valence-electron chi connectivity index (χ3n) is 5.86. The van der Waals surface area contributed by atoms with Crippen LogP contribution in [0.15, 0.2) is 75.5 Å². The molecule has 0 spiro atoms. The molecule has 0 radical (unpaired) electrons. The van der Waals surface area contributed by atoms with Crippen LogP contribution < -0.4 is 0 Å². The van der Waals surface area contributed by atoms with Gasteiger partial charge < -0.3 is 8.83 Å². The lowest BCUT2D eigenvalue weighted by molar-refractivity contribution is 0.392. The van der Waals surface area contributed by atoms with Crippen LogP contribution in [0.2, 0.25) is 0 Å². The fourth-order valence-corrected chi connectivity index (χ4v) is 4.48. The van der Waals surface area contributed by atoms with Crippen molar-refractivity contribution < 1.29 is 8.83 Å². The Morgan fingerprint density at radius 3 is 1.43 bits per heavy atom. The van der Waals surface area contributed by atoms with Crippen LogP contribution in [-0.4, -0.2) is 29.3 Å². The van der Waals surface area contributed by atoms with Crippen LogP contribution in [0.1, 0.15) is 132 Å². The summed E-state index contributed by atoms with van der Waals surface area (Å²) in [6.07, 6.45) is 13.5. The van der Waals surface area contributed by atoms with Gasteiger partial charge in [-0.05, 0) is 17.6 Å². The van der Waals surface area contributed by atoms with E-state index in [9.17, 15) is 0 Å². The van der Waals surface area contributed by atoms with Gasteiger partial charge >= 0.3 is 0 Å². The number of aromatic nitrogens is 6. The van der Waals surface area contributed by atoms with E-state index in [0.29, 0.717) is 0 Å². The van der Waals surface area contributed by atoms with E-state index in [2.05, 4.69) is 139 Å². The molecule has 0 aliphatic heterocycles. The molecule has 254 valence electrons. The van der Waals surface area contributed by atoms with Crippen LogP contribution in [-0.2, 0) is 27.1 Å². The molecule has 0 aliphatic carbocycles. The minimum absolute atomic E-state index is 0.0451. The molecule has 0 aromatic carbocycles. The number of nitrogens with zero attached hydrogens (tertiary/aromatic N) is 6. The fourth-order valence-electron chi connectivity index (χ4n) is 3.06. The van der Waals surface area contributed by atoms with Crippen LogP contribution in [0.25, 0.3) is 0 Å². The van der Waals surface area contributed by atoms with Gasteiger partial charge in [0.05, 0.1) is 28.8 Å². The predicted molar refractivity (Wildman–Crippen MR) is 193 cm³/mol. The topological polar surface area (TPSA) is 104 Å². The lowest BCUT2D eigenvalue weighted by Gasteiger charge is -2.15. The smallest absolute Gasteiger partial charge is 0.199 e. The average Bonchev–Trinajstić information content (AvgIpc) is 3.77. The van der Waals surface area contributed by atoms with Crippen LogP contribution in [0.5, 0.6) is 0 Å². The molecule has 0 aliphatic rings. The van der Waals surface area contributed by atoms with Gasteiger partial charge in [-0.25, -0.2) is 15.0 Å². The number of rotatable bonds is 0. The SMILES string of the molecule is CC(C)(C)c1ccsn1.CC(C)(C)c1cnccn1.CC(C)(C)c1cnco1.CC(C)(C)c1ncco1.CC(C)(C)c1nccs1. The van der Waals surface area contributed by atoms with Crippen molar-refractivity contribution in [1.82, 2.24) is 29.3 Å². The van der Waals surface area contributed by atoms with Crippen molar-refractivity contribution in [3.63, 3.8) is 0 Å². The molecule has 46 heavy (non-hydrogen) atoms. The lowest BCUT2D eigenvalue weighted by atomic mass is 9.93. The van der Waals surface area contributed by atoms with E-state index < -0.39 is 0 Å². The highest BCUT2D eigenvalue weighted by molar-refractivity contribution is 7.09. The highest BCUT2D eigenvalue weighted by Gasteiger charge is 2.18. The molecule has 0 N–H and O–H groups in total. The molecule has 10 heteroatoms. The lowest BCUT2D eigenvalue weighted by Crippen LogP contribution is -2.13. The first-order valence-electron chi connectivity index (χ1n) is 15.4. The highest BCUT2D eigenvalue weighted by Crippen LogP contribution is 2.24. The van der Waals surface area contributed by atoms with Crippen molar-refractivity contribution >= 4 is 22.9 Å². The van der Waals surface area contributed by atoms with E-state index in [0.717, 1.165) is 17.3 Å². The molecule has 5 aromatic rings. The first-order chi connectivity index (χ1) is 21.0. The second-order valence-corrected chi connectivity index (χ2v) is 17.3. The Kier molecular flexibility index (Phi) is 15.6. The molecule has 0 saturated carbocycles. The van der Waals surface area contributed by atoms with Gasteiger partial charge in [-0.1, -0.05) is 104 Å². The zero-order chi connectivity index (χ0) is 35.2. The summed E-state index contributed by atoms with van der Waals surface area (Å²) in [7, 11) is 0. The van der Waals surface area contributed by atoms with Crippen molar-refractivity contribution in [3.8, 4) is 0 Å². The summed E-state index contributed by atoms with van der Waals surface area (Å²) in [6, 6.07) is 2.07. The maximum Gasteiger partial charge on any atom is 0.199 e. The van der Waals surface area contributed by atoms with E-state index in [1.807, 2.05) is 17.0 Å². The van der Waals surface area contributed by atoms with Gasteiger partial charge in [0.15, 0.2) is 12.3 Å². The molecule has 0 bridgehead atoms. The summed E-state index contributed by atoms with van der Waals surface area (Å²) in [6.45, 7) is 31.9. The van der Waals surface area contributed by atoms with E-state index in [-0.39, 0.29) is 27.1 Å². The Bertz CT molecular complexity index is 1240. The molecule has 5 rings (SSSR count). The Hall–Kier alpha value is -3.24. The fraction of sp³-hybridized carbons (Fsp3) is 0.556. The maximum absolute atomic E-state index is 5.09. The van der Waals surface area contributed by atoms with Gasteiger partial charge in [-0.15, -0.1) is 11.3 Å². The third kappa shape index (κ3) is 16.4. The number of thiazole rings is 1. The first kappa shape index (κ1) is 40.8. The molecule has 0 fully saturated rings. The summed E-state index contributed by atoms with van der Waals surface area (Å²) in [4.78, 5) is 20.2. The number of hydrogen-bond donors (Lipinski definition) is 0. The number of hydrogen-bond acceptors (Lipinski definition) is 10. The minimum Gasteiger partial charge on any atom is -0.448 e. The normalized spacial score (nSPS) is 11.8.